The molecule has 0 saturated carbocycles. The Bertz CT molecular complexity index is 2010. The van der Waals surface area contributed by atoms with Gasteiger partial charge in [-0.25, -0.2) is 4.98 Å². The van der Waals surface area contributed by atoms with Crippen molar-refractivity contribution >= 4 is 56.4 Å². The molecule has 0 spiro atoms. The van der Waals surface area contributed by atoms with Crippen LogP contribution < -0.4 is 16.0 Å². The Morgan fingerprint density at radius 3 is 2.55 bits per heavy atom. The van der Waals surface area contributed by atoms with E-state index >= 15 is 0 Å². The number of furan rings is 1. The Kier molecular flexibility index (Phi) is 5.72. The molecule has 0 aliphatic carbocycles. The molecule has 7 rings (SSSR count). The predicted molar refractivity (Wildman–Crippen MR) is 157 cm³/mol. The Hall–Kier alpha value is -5.47. The second kappa shape index (κ2) is 9.68. The van der Waals surface area contributed by atoms with Gasteiger partial charge in [0.1, 0.15) is 5.58 Å². The van der Waals surface area contributed by atoms with E-state index in [4.69, 9.17) is 15.1 Å². The molecule has 3 aromatic heterocycles. The van der Waals surface area contributed by atoms with Crippen molar-refractivity contribution in [2.45, 2.75) is 6.54 Å². The van der Waals surface area contributed by atoms with Gasteiger partial charge in [0, 0.05) is 34.8 Å². The van der Waals surface area contributed by atoms with Crippen LogP contribution in [0.5, 0.6) is 0 Å². The van der Waals surface area contributed by atoms with Crippen LogP contribution >= 0.6 is 0 Å². The van der Waals surface area contributed by atoms with Crippen molar-refractivity contribution < 1.29 is 9.21 Å². The van der Waals surface area contributed by atoms with Crippen LogP contribution in [0, 0.1) is 0 Å². The first-order valence-corrected chi connectivity index (χ1v) is 12.9. The smallest absolute Gasteiger partial charge is 0.255 e. The monoisotopic (exact) mass is 524 g/mol. The normalized spacial score (nSPS) is 11.3. The third-order valence-corrected chi connectivity index (χ3v) is 6.94. The number of amides is 1. The number of aromatic nitrogens is 3. The second-order valence-electron chi connectivity index (χ2n) is 9.41. The van der Waals surface area contributed by atoms with Gasteiger partial charge in [0.2, 0.25) is 5.95 Å². The van der Waals surface area contributed by atoms with Crippen LogP contribution in [0.15, 0.2) is 120 Å². The minimum Gasteiger partial charge on any atom is -0.454 e. The van der Waals surface area contributed by atoms with E-state index in [1.165, 1.54) is 0 Å². The highest BCUT2D eigenvalue weighted by Crippen LogP contribution is 2.41. The number of rotatable bonds is 6. The summed E-state index contributed by atoms with van der Waals surface area (Å²) in [5.74, 6) is 0.371. The number of hydrogen-bond acceptors (Lipinski definition) is 6. The number of fused-ring (bicyclic) bond motifs is 4. The van der Waals surface area contributed by atoms with E-state index < -0.39 is 0 Å². The van der Waals surface area contributed by atoms with Crippen molar-refractivity contribution in [1.82, 2.24) is 14.6 Å². The first kappa shape index (κ1) is 23.6. The summed E-state index contributed by atoms with van der Waals surface area (Å²) < 4.78 is 8.18. The molecule has 40 heavy (non-hydrogen) atoms. The predicted octanol–water partition coefficient (Wildman–Crippen LogP) is 6.81. The first-order chi connectivity index (χ1) is 19.7. The van der Waals surface area contributed by atoms with E-state index in [0.717, 1.165) is 44.4 Å². The van der Waals surface area contributed by atoms with Gasteiger partial charge in [-0.3, -0.25) is 9.69 Å². The minimum absolute atomic E-state index is 0.209. The summed E-state index contributed by atoms with van der Waals surface area (Å²) in [7, 11) is 0. The molecule has 0 unspecified atom stereocenters. The number of para-hydroxylation sites is 2. The summed E-state index contributed by atoms with van der Waals surface area (Å²) in [4.78, 5) is 19.8. The van der Waals surface area contributed by atoms with Crippen LogP contribution in [0.1, 0.15) is 15.9 Å². The minimum atomic E-state index is -0.209. The summed E-state index contributed by atoms with van der Waals surface area (Å²) in [6.45, 7) is 0.425. The molecule has 4 aromatic carbocycles. The highest BCUT2D eigenvalue weighted by molar-refractivity contribution is 6.10. The number of benzene rings is 4. The van der Waals surface area contributed by atoms with E-state index in [1.54, 1.807) is 29.0 Å². The Morgan fingerprint density at radius 2 is 1.68 bits per heavy atom. The van der Waals surface area contributed by atoms with Gasteiger partial charge in [-0.2, -0.15) is 9.61 Å². The van der Waals surface area contributed by atoms with E-state index in [1.807, 2.05) is 83.8 Å². The molecule has 7 aromatic rings. The third kappa shape index (κ3) is 4.03. The summed E-state index contributed by atoms with van der Waals surface area (Å²) in [5.41, 5.74) is 11.9. The average Bonchev–Trinajstić information content (AvgIpc) is 3.63. The molecule has 0 aliphatic heterocycles. The van der Waals surface area contributed by atoms with Crippen LogP contribution in [-0.4, -0.2) is 20.5 Å². The van der Waals surface area contributed by atoms with Gasteiger partial charge in [-0.15, -0.1) is 0 Å². The Balaban J connectivity index is 1.37. The lowest BCUT2D eigenvalue weighted by molar-refractivity contribution is 0.102. The van der Waals surface area contributed by atoms with Gasteiger partial charge in [0.15, 0.2) is 5.58 Å². The van der Waals surface area contributed by atoms with E-state index in [9.17, 15) is 4.79 Å². The highest BCUT2D eigenvalue weighted by atomic mass is 16.3. The van der Waals surface area contributed by atoms with Crippen LogP contribution in [0.3, 0.4) is 0 Å². The van der Waals surface area contributed by atoms with Gasteiger partial charge in [0.25, 0.3) is 5.91 Å². The molecule has 8 heteroatoms. The summed E-state index contributed by atoms with van der Waals surface area (Å²) in [5, 5.41) is 9.59. The van der Waals surface area contributed by atoms with Crippen LogP contribution in [0.4, 0.5) is 23.0 Å². The quantitative estimate of drug-likeness (QED) is 0.248. The largest absolute Gasteiger partial charge is 0.454 e. The molecular weight excluding hydrogens is 500 g/mol. The van der Waals surface area contributed by atoms with Crippen molar-refractivity contribution in [2.75, 3.05) is 10.2 Å². The van der Waals surface area contributed by atoms with Crippen molar-refractivity contribution in [2.24, 2.45) is 5.73 Å². The second-order valence-corrected chi connectivity index (χ2v) is 9.41. The number of anilines is 4. The van der Waals surface area contributed by atoms with Crippen molar-refractivity contribution in [3.05, 3.63) is 127 Å². The fraction of sp³-hybridized carbons (Fsp3) is 0.0312. The zero-order chi connectivity index (χ0) is 27.1. The maximum absolute atomic E-state index is 13.1. The topological polar surface area (TPSA) is 102 Å². The van der Waals surface area contributed by atoms with Gasteiger partial charge in [-0.05, 0) is 60.2 Å². The van der Waals surface area contributed by atoms with Crippen LogP contribution in [0.25, 0.3) is 27.5 Å². The molecular formula is C32H24N6O2. The zero-order valence-corrected chi connectivity index (χ0v) is 21.4. The molecule has 0 aliphatic rings. The number of hydrogen-bond donors (Lipinski definition) is 2. The Morgan fingerprint density at radius 1 is 0.875 bits per heavy atom. The molecule has 0 fully saturated rings. The molecule has 0 atom stereocenters. The van der Waals surface area contributed by atoms with Crippen molar-refractivity contribution in [1.29, 1.82) is 0 Å². The van der Waals surface area contributed by atoms with E-state index in [-0.39, 0.29) is 5.91 Å². The molecule has 1 amide bonds. The lowest BCUT2D eigenvalue weighted by atomic mass is 10.1. The molecule has 0 radical (unpaired) electrons. The summed E-state index contributed by atoms with van der Waals surface area (Å²) in [6.07, 6.45) is 3.50. The maximum Gasteiger partial charge on any atom is 0.255 e. The first-order valence-electron chi connectivity index (χ1n) is 12.9. The third-order valence-electron chi connectivity index (χ3n) is 6.94. The zero-order valence-electron chi connectivity index (χ0n) is 21.4. The Labute approximate surface area is 229 Å². The molecule has 3 N–H and O–H groups in total. The lowest BCUT2D eigenvalue weighted by Crippen LogP contribution is -2.17. The van der Waals surface area contributed by atoms with E-state index in [0.29, 0.717) is 23.7 Å². The molecule has 0 bridgehead atoms. The summed E-state index contributed by atoms with van der Waals surface area (Å²) in [6, 6.07) is 32.8. The molecule has 8 nitrogen and oxygen atoms in total. The SMILES string of the molecule is NCc1ccc(C(=O)Nc2cccc(N(c3cccc4c3oc3ccccc34)c3nccc4ccnn34)c2)cc1. The fourth-order valence-electron chi connectivity index (χ4n) is 4.98. The maximum atomic E-state index is 13.1. The van der Waals surface area contributed by atoms with Gasteiger partial charge in [-0.1, -0.05) is 48.5 Å². The van der Waals surface area contributed by atoms with Crippen LogP contribution in [-0.2, 0) is 6.54 Å². The van der Waals surface area contributed by atoms with E-state index in [2.05, 4.69) is 22.5 Å². The van der Waals surface area contributed by atoms with Gasteiger partial charge >= 0.3 is 0 Å². The number of nitrogens with two attached hydrogens (primary N) is 1. The van der Waals surface area contributed by atoms with Gasteiger partial charge in [0.05, 0.1) is 23.1 Å². The molecule has 3 heterocycles. The number of nitrogens with zero attached hydrogens (tertiary/aromatic N) is 4. The lowest BCUT2D eigenvalue weighted by Gasteiger charge is -2.25. The number of carbonyl (C=O) groups is 1. The number of nitrogens with one attached hydrogen (secondary N) is 1. The average molecular weight is 525 g/mol. The van der Waals surface area contributed by atoms with Gasteiger partial charge < -0.3 is 15.5 Å². The standard InChI is InChI=1S/C32H24N6O2/c33-20-21-11-13-22(14-12-21)31(39)36-23-5-3-6-25(19-23)37(32-34-17-15-24-16-18-35-38(24)32)28-9-4-8-27-26-7-1-2-10-29(26)40-30(27)28/h1-19H,20,33H2,(H,36,39). The van der Waals surface area contributed by atoms with Crippen molar-refractivity contribution in [3.63, 3.8) is 0 Å². The fourth-order valence-corrected chi connectivity index (χ4v) is 4.98. The highest BCUT2D eigenvalue weighted by Gasteiger charge is 2.23. The van der Waals surface area contributed by atoms with Crippen molar-refractivity contribution in [3.8, 4) is 0 Å². The summed E-state index contributed by atoms with van der Waals surface area (Å²) >= 11 is 0. The molecule has 194 valence electrons. The van der Waals surface area contributed by atoms with Crippen LogP contribution in [0.2, 0.25) is 0 Å². The molecule has 0 saturated heterocycles. The number of carbonyl (C=O) groups excluding carboxylic acids is 1.